The SMILES string of the molecule is O=C(CSc1ccccc1F)Nc1ccc([N+](=O)[O-])cc1Br. The number of hydrogen-bond acceptors (Lipinski definition) is 4. The minimum Gasteiger partial charge on any atom is -0.324 e. The molecule has 0 bridgehead atoms. The van der Waals surface area contributed by atoms with E-state index in [1.165, 1.54) is 24.3 Å². The van der Waals surface area contributed by atoms with Crippen LogP contribution >= 0.6 is 27.7 Å². The molecular weight excluding hydrogens is 375 g/mol. The van der Waals surface area contributed by atoms with Crippen LogP contribution in [0.2, 0.25) is 0 Å². The maximum absolute atomic E-state index is 13.4. The number of benzene rings is 2. The van der Waals surface area contributed by atoms with Gasteiger partial charge in [-0.1, -0.05) is 12.1 Å². The van der Waals surface area contributed by atoms with Gasteiger partial charge in [0.05, 0.1) is 16.4 Å². The molecule has 0 atom stereocenters. The highest BCUT2D eigenvalue weighted by Gasteiger charge is 2.12. The van der Waals surface area contributed by atoms with Gasteiger partial charge in [0.2, 0.25) is 5.91 Å². The summed E-state index contributed by atoms with van der Waals surface area (Å²) >= 11 is 4.24. The molecule has 0 radical (unpaired) electrons. The number of nitrogens with one attached hydrogen (secondary N) is 1. The van der Waals surface area contributed by atoms with Crippen molar-refractivity contribution in [3.05, 3.63) is 62.9 Å². The van der Waals surface area contributed by atoms with Crippen LogP contribution in [0, 0.1) is 15.9 Å². The molecule has 0 spiro atoms. The number of hydrogen-bond donors (Lipinski definition) is 1. The number of nitrogens with zero attached hydrogens (tertiary/aromatic N) is 1. The lowest BCUT2D eigenvalue weighted by atomic mass is 10.3. The first-order valence-electron chi connectivity index (χ1n) is 6.08. The first-order valence-corrected chi connectivity index (χ1v) is 7.86. The minimum atomic E-state index is -0.523. The zero-order valence-corrected chi connectivity index (χ0v) is 13.5. The summed E-state index contributed by atoms with van der Waals surface area (Å²) in [6, 6.07) is 10.2. The van der Waals surface area contributed by atoms with Gasteiger partial charge in [0.15, 0.2) is 0 Å². The summed E-state index contributed by atoms with van der Waals surface area (Å²) in [4.78, 5) is 22.4. The Morgan fingerprint density at radius 1 is 1.32 bits per heavy atom. The van der Waals surface area contributed by atoms with Crippen molar-refractivity contribution < 1.29 is 14.1 Å². The molecule has 2 aromatic carbocycles. The number of rotatable bonds is 5. The summed E-state index contributed by atoms with van der Waals surface area (Å²) in [6.45, 7) is 0. The van der Waals surface area contributed by atoms with Crippen LogP contribution < -0.4 is 5.32 Å². The monoisotopic (exact) mass is 384 g/mol. The third-order valence-electron chi connectivity index (χ3n) is 2.63. The van der Waals surface area contributed by atoms with E-state index in [0.29, 0.717) is 15.1 Å². The van der Waals surface area contributed by atoms with E-state index in [9.17, 15) is 19.3 Å². The van der Waals surface area contributed by atoms with Gasteiger partial charge in [0, 0.05) is 21.5 Å². The molecule has 8 heteroatoms. The van der Waals surface area contributed by atoms with Crippen molar-refractivity contribution >= 4 is 45.0 Å². The number of carbonyl (C=O) groups excluding carboxylic acids is 1. The zero-order chi connectivity index (χ0) is 16.1. The fraction of sp³-hybridized carbons (Fsp3) is 0.0714. The summed E-state index contributed by atoms with van der Waals surface area (Å²) < 4.78 is 13.8. The lowest BCUT2D eigenvalue weighted by Crippen LogP contribution is -2.14. The second-order valence-electron chi connectivity index (χ2n) is 4.19. The van der Waals surface area contributed by atoms with Crippen molar-refractivity contribution in [1.82, 2.24) is 0 Å². The molecule has 1 N–H and O–H groups in total. The van der Waals surface area contributed by atoms with Gasteiger partial charge in [-0.3, -0.25) is 14.9 Å². The molecule has 0 unspecified atom stereocenters. The Morgan fingerprint density at radius 2 is 2.05 bits per heavy atom. The van der Waals surface area contributed by atoms with Crippen LogP contribution in [-0.4, -0.2) is 16.6 Å². The Bertz CT molecular complexity index is 727. The second-order valence-corrected chi connectivity index (χ2v) is 6.06. The molecular formula is C14H10BrFN2O3S. The van der Waals surface area contributed by atoms with Crippen molar-refractivity contribution in [2.24, 2.45) is 0 Å². The van der Waals surface area contributed by atoms with Crippen LogP contribution in [0.15, 0.2) is 51.8 Å². The first kappa shape index (κ1) is 16.4. The average Bonchev–Trinajstić information content (AvgIpc) is 2.48. The molecule has 0 fully saturated rings. The molecule has 2 rings (SSSR count). The predicted molar refractivity (Wildman–Crippen MR) is 86.6 cm³/mol. The molecule has 0 heterocycles. The van der Waals surface area contributed by atoms with Crippen molar-refractivity contribution in [2.75, 3.05) is 11.1 Å². The van der Waals surface area contributed by atoms with Gasteiger partial charge in [0.25, 0.3) is 5.69 Å². The van der Waals surface area contributed by atoms with Crippen LogP contribution in [0.5, 0.6) is 0 Å². The Morgan fingerprint density at radius 3 is 2.68 bits per heavy atom. The fourth-order valence-electron chi connectivity index (χ4n) is 1.61. The summed E-state index contributed by atoms with van der Waals surface area (Å²) in [5.74, 6) is -0.677. The maximum atomic E-state index is 13.4. The lowest BCUT2D eigenvalue weighted by Gasteiger charge is -2.07. The second kappa shape index (κ2) is 7.37. The molecule has 0 aliphatic rings. The number of thioether (sulfide) groups is 1. The minimum absolute atomic E-state index is 0.0321. The number of nitro benzene ring substituents is 1. The van der Waals surface area contributed by atoms with E-state index in [4.69, 9.17) is 0 Å². The quantitative estimate of drug-likeness (QED) is 0.475. The van der Waals surface area contributed by atoms with E-state index in [1.54, 1.807) is 18.2 Å². The van der Waals surface area contributed by atoms with E-state index in [2.05, 4.69) is 21.2 Å². The van der Waals surface area contributed by atoms with E-state index in [0.717, 1.165) is 11.8 Å². The average molecular weight is 385 g/mol. The van der Waals surface area contributed by atoms with Crippen LogP contribution in [0.1, 0.15) is 0 Å². The first-order chi connectivity index (χ1) is 10.5. The molecule has 0 aromatic heterocycles. The molecule has 0 aliphatic heterocycles. The van der Waals surface area contributed by atoms with Crippen molar-refractivity contribution in [2.45, 2.75) is 4.90 Å². The van der Waals surface area contributed by atoms with Gasteiger partial charge in [-0.25, -0.2) is 4.39 Å². The number of halogens is 2. The molecule has 114 valence electrons. The fourth-order valence-corrected chi connectivity index (χ4v) is 2.82. The molecule has 2 aromatic rings. The Hall–Kier alpha value is -1.93. The van der Waals surface area contributed by atoms with Crippen molar-refractivity contribution in [1.29, 1.82) is 0 Å². The van der Waals surface area contributed by atoms with Crippen molar-refractivity contribution in [3.8, 4) is 0 Å². The largest absolute Gasteiger partial charge is 0.324 e. The Balaban J connectivity index is 1.98. The molecule has 1 amide bonds. The topological polar surface area (TPSA) is 72.2 Å². The molecule has 0 saturated heterocycles. The van der Waals surface area contributed by atoms with E-state index < -0.39 is 4.92 Å². The van der Waals surface area contributed by atoms with E-state index in [1.807, 2.05) is 0 Å². The smallest absolute Gasteiger partial charge is 0.270 e. The van der Waals surface area contributed by atoms with Gasteiger partial charge in [-0.15, -0.1) is 11.8 Å². The van der Waals surface area contributed by atoms with Crippen molar-refractivity contribution in [3.63, 3.8) is 0 Å². The number of non-ortho nitro benzene ring substituents is 1. The van der Waals surface area contributed by atoms with Gasteiger partial charge in [0.1, 0.15) is 5.82 Å². The zero-order valence-electron chi connectivity index (χ0n) is 11.1. The number of carbonyl (C=O) groups is 1. The highest BCUT2D eigenvalue weighted by molar-refractivity contribution is 9.10. The third-order valence-corrected chi connectivity index (χ3v) is 4.34. The summed E-state index contributed by atoms with van der Waals surface area (Å²) in [6.07, 6.45) is 0. The molecule has 22 heavy (non-hydrogen) atoms. The van der Waals surface area contributed by atoms with E-state index >= 15 is 0 Å². The van der Waals surface area contributed by atoms with Gasteiger partial charge in [-0.05, 0) is 34.1 Å². The Labute approximate surface area is 138 Å². The number of amides is 1. The normalized spacial score (nSPS) is 10.3. The van der Waals surface area contributed by atoms with Crippen LogP contribution in [0.4, 0.5) is 15.8 Å². The predicted octanol–water partition coefficient (Wildman–Crippen LogP) is 4.23. The summed E-state index contributed by atoms with van der Waals surface area (Å²) in [7, 11) is 0. The van der Waals surface area contributed by atoms with Gasteiger partial charge >= 0.3 is 0 Å². The number of anilines is 1. The number of nitro groups is 1. The Kier molecular flexibility index (Phi) is 5.51. The van der Waals surface area contributed by atoms with E-state index in [-0.39, 0.29) is 23.2 Å². The molecule has 0 saturated carbocycles. The van der Waals surface area contributed by atoms with Gasteiger partial charge < -0.3 is 5.32 Å². The summed E-state index contributed by atoms with van der Waals surface area (Å²) in [5.41, 5.74) is 0.343. The summed E-state index contributed by atoms with van der Waals surface area (Å²) in [5, 5.41) is 13.3. The van der Waals surface area contributed by atoms with Crippen LogP contribution in [0.25, 0.3) is 0 Å². The maximum Gasteiger partial charge on any atom is 0.270 e. The highest BCUT2D eigenvalue weighted by Crippen LogP contribution is 2.27. The van der Waals surface area contributed by atoms with Crippen LogP contribution in [0.3, 0.4) is 0 Å². The van der Waals surface area contributed by atoms with Crippen LogP contribution in [-0.2, 0) is 4.79 Å². The molecule has 5 nitrogen and oxygen atoms in total. The van der Waals surface area contributed by atoms with Gasteiger partial charge in [-0.2, -0.15) is 0 Å². The highest BCUT2D eigenvalue weighted by atomic mass is 79.9. The lowest BCUT2D eigenvalue weighted by molar-refractivity contribution is -0.384. The third kappa shape index (κ3) is 4.28. The standard InChI is InChI=1S/C14H10BrFN2O3S/c15-10-7-9(18(20)21)5-6-12(10)17-14(19)8-22-13-4-2-1-3-11(13)16/h1-7H,8H2,(H,17,19). The molecule has 0 aliphatic carbocycles.